The molecule has 0 radical (unpaired) electrons. The summed E-state index contributed by atoms with van der Waals surface area (Å²) in [5.41, 5.74) is 5.31. The molecule has 5 nitrogen and oxygen atoms in total. The van der Waals surface area contributed by atoms with Crippen molar-refractivity contribution in [2.24, 2.45) is 5.73 Å². The summed E-state index contributed by atoms with van der Waals surface area (Å²) in [6, 6.07) is 0. The van der Waals surface area contributed by atoms with Gasteiger partial charge in [0.05, 0.1) is 0 Å². The molecule has 0 fully saturated rings. The van der Waals surface area contributed by atoms with Crippen molar-refractivity contribution >= 4 is 10.4 Å². The van der Waals surface area contributed by atoms with Crippen molar-refractivity contribution in [1.82, 2.24) is 0 Å². The zero-order valence-electron chi connectivity index (χ0n) is 8.48. The van der Waals surface area contributed by atoms with Crippen LogP contribution in [0, 0.1) is 0 Å². The Morgan fingerprint density at radius 2 is 1.86 bits per heavy atom. The normalized spacial score (nSPS) is 14.2. The van der Waals surface area contributed by atoms with E-state index >= 15 is 0 Å². The summed E-state index contributed by atoms with van der Waals surface area (Å²) >= 11 is 0. The van der Waals surface area contributed by atoms with Crippen molar-refractivity contribution in [2.45, 2.75) is 51.7 Å². The number of nitrogens with two attached hydrogens (primary N) is 1. The lowest BCUT2D eigenvalue weighted by Gasteiger charge is -2.09. The molecule has 1 atom stereocenters. The molecule has 3 N–H and O–H groups in total. The van der Waals surface area contributed by atoms with E-state index in [9.17, 15) is 8.42 Å². The van der Waals surface area contributed by atoms with Gasteiger partial charge in [0.15, 0.2) is 0 Å². The van der Waals surface area contributed by atoms with Gasteiger partial charge in [0.1, 0.15) is 6.23 Å². The van der Waals surface area contributed by atoms with E-state index in [1.54, 1.807) is 0 Å². The lowest BCUT2D eigenvalue weighted by molar-refractivity contribution is 0.175. The topological polar surface area (TPSA) is 89.6 Å². The van der Waals surface area contributed by atoms with Crippen LogP contribution in [-0.2, 0) is 14.6 Å². The molecular formula is C8H19NO4S. The lowest BCUT2D eigenvalue weighted by atomic mass is 10.1. The van der Waals surface area contributed by atoms with Gasteiger partial charge >= 0.3 is 10.4 Å². The molecule has 0 aliphatic carbocycles. The first-order valence-corrected chi connectivity index (χ1v) is 6.23. The van der Waals surface area contributed by atoms with Crippen molar-refractivity contribution in [1.29, 1.82) is 0 Å². The highest BCUT2D eigenvalue weighted by Gasteiger charge is 2.11. The summed E-state index contributed by atoms with van der Waals surface area (Å²) in [6.45, 7) is 2.12. The molecule has 14 heavy (non-hydrogen) atoms. The highest BCUT2D eigenvalue weighted by molar-refractivity contribution is 7.80. The van der Waals surface area contributed by atoms with Crippen LogP contribution in [0.25, 0.3) is 0 Å². The molecule has 86 valence electrons. The second-order valence-electron chi connectivity index (χ2n) is 3.27. The minimum atomic E-state index is -4.40. The van der Waals surface area contributed by atoms with E-state index in [4.69, 9.17) is 10.3 Å². The monoisotopic (exact) mass is 225 g/mol. The summed E-state index contributed by atoms with van der Waals surface area (Å²) in [6.07, 6.45) is 4.81. The summed E-state index contributed by atoms with van der Waals surface area (Å²) in [5.74, 6) is 0. The molecule has 0 aliphatic heterocycles. The van der Waals surface area contributed by atoms with Crippen molar-refractivity contribution < 1.29 is 17.2 Å². The fraction of sp³-hybridized carbons (Fsp3) is 1.00. The quantitative estimate of drug-likeness (QED) is 0.371. The first-order chi connectivity index (χ1) is 6.45. The van der Waals surface area contributed by atoms with E-state index < -0.39 is 16.6 Å². The summed E-state index contributed by atoms with van der Waals surface area (Å²) in [7, 11) is -4.40. The molecule has 6 heteroatoms. The van der Waals surface area contributed by atoms with E-state index in [1.807, 2.05) is 0 Å². The molecular weight excluding hydrogens is 206 g/mol. The first kappa shape index (κ1) is 13.8. The third-order valence-corrected chi connectivity index (χ3v) is 2.33. The fourth-order valence-corrected chi connectivity index (χ4v) is 1.56. The standard InChI is InChI=1S/C8H19NO4S/c1-2-3-4-5-6-7-8(9)13-14(10,11)12/h8H,2-7,9H2,1H3,(H,10,11,12). The average Bonchev–Trinajstić information content (AvgIpc) is 2.00. The van der Waals surface area contributed by atoms with Gasteiger partial charge < -0.3 is 5.73 Å². The Hall–Kier alpha value is -0.170. The Bertz CT molecular complexity index is 227. The van der Waals surface area contributed by atoms with Gasteiger partial charge in [-0.1, -0.05) is 32.6 Å². The van der Waals surface area contributed by atoms with Crippen LogP contribution in [0.5, 0.6) is 0 Å². The highest BCUT2D eigenvalue weighted by Crippen LogP contribution is 2.07. The Balaban J connectivity index is 3.41. The Morgan fingerprint density at radius 3 is 2.36 bits per heavy atom. The molecule has 0 aliphatic rings. The van der Waals surface area contributed by atoms with Crippen LogP contribution >= 0.6 is 0 Å². The smallest absolute Gasteiger partial charge is 0.305 e. The molecule has 0 heterocycles. The van der Waals surface area contributed by atoms with Gasteiger partial charge in [0.25, 0.3) is 0 Å². The van der Waals surface area contributed by atoms with E-state index in [-0.39, 0.29) is 0 Å². The minimum Gasteiger partial charge on any atom is -0.305 e. The van der Waals surface area contributed by atoms with E-state index in [2.05, 4.69) is 11.1 Å². The Morgan fingerprint density at radius 1 is 1.29 bits per heavy atom. The molecule has 1 unspecified atom stereocenters. The van der Waals surface area contributed by atoms with Crippen LogP contribution in [0.1, 0.15) is 45.4 Å². The summed E-state index contributed by atoms with van der Waals surface area (Å²) in [5, 5.41) is 0. The van der Waals surface area contributed by atoms with Crippen LogP contribution in [0.3, 0.4) is 0 Å². The molecule has 0 spiro atoms. The van der Waals surface area contributed by atoms with Crippen LogP contribution in [0.15, 0.2) is 0 Å². The maximum atomic E-state index is 10.2. The number of hydrogen-bond acceptors (Lipinski definition) is 4. The van der Waals surface area contributed by atoms with Crippen LogP contribution in [0.2, 0.25) is 0 Å². The maximum absolute atomic E-state index is 10.2. The number of hydrogen-bond donors (Lipinski definition) is 2. The third-order valence-electron chi connectivity index (χ3n) is 1.84. The van der Waals surface area contributed by atoms with E-state index in [1.165, 1.54) is 6.42 Å². The van der Waals surface area contributed by atoms with Crippen LogP contribution in [0.4, 0.5) is 0 Å². The number of rotatable bonds is 8. The zero-order chi connectivity index (χ0) is 11.0. The highest BCUT2D eigenvalue weighted by atomic mass is 32.3. The Labute approximate surface area is 85.6 Å². The maximum Gasteiger partial charge on any atom is 0.398 e. The molecule has 0 saturated carbocycles. The van der Waals surface area contributed by atoms with Gasteiger partial charge in [-0.05, 0) is 12.8 Å². The molecule has 0 aromatic carbocycles. The average molecular weight is 225 g/mol. The van der Waals surface area contributed by atoms with E-state index in [0.717, 1.165) is 25.7 Å². The lowest BCUT2D eigenvalue weighted by Crippen LogP contribution is -2.26. The van der Waals surface area contributed by atoms with Gasteiger partial charge in [0, 0.05) is 0 Å². The van der Waals surface area contributed by atoms with Gasteiger partial charge in [-0.15, -0.1) is 0 Å². The van der Waals surface area contributed by atoms with Gasteiger partial charge in [0.2, 0.25) is 0 Å². The minimum absolute atomic E-state index is 0.448. The predicted molar refractivity (Wildman–Crippen MR) is 54.0 cm³/mol. The van der Waals surface area contributed by atoms with Gasteiger partial charge in [-0.3, -0.25) is 4.55 Å². The van der Waals surface area contributed by atoms with Crippen molar-refractivity contribution in [3.63, 3.8) is 0 Å². The van der Waals surface area contributed by atoms with Crippen molar-refractivity contribution in [3.05, 3.63) is 0 Å². The van der Waals surface area contributed by atoms with Gasteiger partial charge in [-0.25, -0.2) is 4.18 Å². The molecule has 0 aromatic heterocycles. The van der Waals surface area contributed by atoms with Crippen LogP contribution < -0.4 is 5.73 Å². The first-order valence-electron chi connectivity index (χ1n) is 4.87. The fourth-order valence-electron chi connectivity index (χ4n) is 1.15. The number of unbranched alkanes of at least 4 members (excludes halogenated alkanes) is 4. The molecule has 0 amide bonds. The molecule has 0 aromatic rings. The second-order valence-corrected chi connectivity index (χ2v) is 4.31. The van der Waals surface area contributed by atoms with Crippen molar-refractivity contribution in [3.8, 4) is 0 Å². The van der Waals surface area contributed by atoms with Gasteiger partial charge in [-0.2, -0.15) is 8.42 Å². The summed E-state index contributed by atoms with van der Waals surface area (Å²) < 4.78 is 32.9. The van der Waals surface area contributed by atoms with E-state index in [0.29, 0.717) is 6.42 Å². The van der Waals surface area contributed by atoms with Crippen LogP contribution in [-0.4, -0.2) is 19.2 Å². The summed E-state index contributed by atoms with van der Waals surface area (Å²) in [4.78, 5) is 0. The predicted octanol–water partition coefficient (Wildman–Crippen LogP) is 1.45. The SMILES string of the molecule is CCCCCCCC(N)OS(=O)(=O)O. The van der Waals surface area contributed by atoms with Crippen molar-refractivity contribution in [2.75, 3.05) is 0 Å². The Kier molecular flexibility index (Phi) is 7.08. The largest absolute Gasteiger partial charge is 0.398 e. The molecule has 0 bridgehead atoms. The third kappa shape index (κ3) is 9.91. The zero-order valence-corrected chi connectivity index (χ0v) is 9.29. The molecule has 0 saturated heterocycles. The molecule has 0 rings (SSSR count). The second kappa shape index (κ2) is 7.17.